The van der Waals surface area contributed by atoms with Gasteiger partial charge in [0.15, 0.2) is 0 Å². The van der Waals surface area contributed by atoms with E-state index in [4.69, 9.17) is 9.72 Å². The molecule has 3 aromatic rings. The maximum atomic E-state index is 13.5. The summed E-state index contributed by atoms with van der Waals surface area (Å²) in [6, 6.07) is 15.2. The molecular formula is C27H33N3O3. The van der Waals surface area contributed by atoms with Gasteiger partial charge >= 0.3 is 0 Å². The molecule has 1 heterocycles. The van der Waals surface area contributed by atoms with Crippen molar-refractivity contribution in [2.45, 2.75) is 52.7 Å². The summed E-state index contributed by atoms with van der Waals surface area (Å²) < 4.78 is 5.42. The van der Waals surface area contributed by atoms with Gasteiger partial charge in [-0.1, -0.05) is 68.8 Å². The number of methoxy groups -OCH3 is 1. The summed E-state index contributed by atoms with van der Waals surface area (Å²) in [5.41, 5.74) is 2.54. The summed E-state index contributed by atoms with van der Waals surface area (Å²) in [6.45, 7) is 8.27. The zero-order valence-corrected chi connectivity index (χ0v) is 20.0. The number of hydrogen-bond acceptors (Lipinski definition) is 4. The molecule has 6 heteroatoms. The number of imidazole rings is 1. The number of carbonyl (C=O) groups is 1. The van der Waals surface area contributed by atoms with Crippen LogP contribution >= 0.6 is 0 Å². The Morgan fingerprint density at radius 2 is 1.82 bits per heavy atom. The molecule has 0 radical (unpaired) electrons. The van der Waals surface area contributed by atoms with E-state index in [1.807, 2.05) is 36.5 Å². The van der Waals surface area contributed by atoms with E-state index in [0.29, 0.717) is 30.0 Å². The first-order chi connectivity index (χ1) is 15.7. The van der Waals surface area contributed by atoms with Crippen LogP contribution in [0.3, 0.4) is 0 Å². The molecule has 1 fully saturated rings. The molecule has 33 heavy (non-hydrogen) atoms. The van der Waals surface area contributed by atoms with Gasteiger partial charge in [0.1, 0.15) is 11.6 Å². The minimum atomic E-state index is -0.936. The van der Waals surface area contributed by atoms with Crippen molar-refractivity contribution in [3.8, 4) is 17.0 Å². The lowest BCUT2D eigenvalue weighted by molar-refractivity contribution is -0.132. The van der Waals surface area contributed by atoms with Crippen LogP contribution < -0.4 is 10.1 Å². The number of aliphatic hydroxyl groups is 1. The van der Waals surface area contributed by atoms with Crippen LogP contribution in [0.2, 0.25) is 0 Å². The lowest BCUT2D eigenvalue weighted by Gasteiger charge is -2.32. The maximum Gasteiger partial charge on any atom is 0.229 e. The van der Waals surface area contributed by atoms with Crippen molar-refractivity contribution in [3.63, 3.8) is 0 Å². The third-order valence-electron chi connectivity index (χ3n) is 6.56. The Morgan fingerprint density at radius 3 is 2.42 bits per heavy atom. The first-order valence-corrected chi connectivity index (χ1v) is 11.4. The van der Waals surface area contributed by atoms with Crippen LogP contribution in [0.5, 0.6) is 5.75 Å². The number of aromatic amines is 1. The lowest BCUT2D eigenvalue weighted by Crippen LogP contribution is -2.43. The fourth-order valence-corrected chi connectivity index (χ4v) is 4.28. The number of para-hydroxylation sites is 1. The van der Waals surface area contributed by atoms with Crippen molar-refractivity contribution in [2.24, 2.45) is 10.8 Å². The molecule has 0 saturated heterocycles. The van der Waals surface area contributed by atoms with Gasteiger partial charge in [-0.05, 0) is 31.2 Å². The van der Waals surface area contributed by atoms with Crippen molar-refractivity contribution in [1.29, 1.82) is 0 Å². The molecule has 0 spiro atoms. The number of benzene rings is 2. The first kappa shape index (κ1) is 23.1. The summed E-state index contributed by atoms with van der Waals surface area (Å²) in [6.07, 6.45) is 2.19. The zero-order chi connectivity index (χ0) is 23.8. The van der Waals surface area contributed by atoms with Gasteiger partial charge in [0, 0.05) is 17.3 Å². The maximum absolute atomic E-state index is 13.5. The van der Waals surface area contributed by atoms with E-state index in [1.54, 1.807) is 13.2 Å². The van der Waals surface area contributed by atoms with Gasteiger partial charge in [0.25, 0.3) is 0 Å². The van der Waals surface area contributed by atoms with Gasteiger partial charge < -0.3 is 20.1 Å². The van der Waals surface area contributed by atoms with E-state index < -0.39 is 11.5 Å². The van der Waals surface area contributed by atoms with E-state index in [2.05, 4.69) is 50.1 Å². The molecule has 0 aliphatic heterocycles. The van der Waals surface area contributed by atoms with Crippen LogP contribution in [-0.4, -0.2) is 28.1 Å². The Labute approximate surface area is 195 Å². The average Bonchev–Trinajstić information content (AvgIpc) is 3.47. The Balaban J connectivity index is 1.58. The van der Waals surface area contributed by atoms with Crippen LogP contribution in [0, 0.1) is 17.8 Å². The number of aromatic nitrogens is 2. The summed E-state index contributed by atoms with van der Waals surface area (Å²) in [4.78, 5) is 21.6. The number of rotatable bonds is 7. The quantitative estimate of drug-likeness (QED) is 0.470. The predicted octanol–water partition coefficient (Wildman–Crippen LogP) is 5.11. The molecule has 1 amide bonds. The van der Waals surface area contributed by atoms with Crippen molar-refractivity contribution in [1.82, 2.24) is 15.3 Å². The van der Waals surface area contributed by atoms with Gasteiger partial charge in [-0.3, -0.25) is 4.79 Å². The molecule has 174 valence electrons. The number of aliphatic hydroxyl groups excluding tert-OH is 1. The molecule has 4 rings (SSSR count). The topological polar surface area (TPSA) is 87.2 Å². The van der Waals surface area contributed by atoms with E-state index in [0.717, 1.165) is 11.3 Å². The summed E-state index contributed by atoms with van der Waals surface area (Å²) in [5.74, 6) is 1.13. The van der Waals surface area contributed by atoms with E-state index >= 15 is 0 Å². The lowest BCUT2D eigenvalue weighted by atomic mass is 9.84. The third-order valence-corrected chi connectivity index (χ3v) is 6.56. The highest BCUT2D eigenvalue weighted by Gasteiger charge is 2.57. The number of nitrogens with zero attached hydrogens (tertiary/aromatic N) is 1. The minimum Gasteiger partial charge on any atom is -0.496 e. The van der Waals surface area contributed by atoms with Gasteiger partial charge in [-0.25, -0.2) is 4.98 Å². The Kier molecular flexibility index (Phi) is 6.06. The van der Waals surface area contributed by atoms with Crippen LogP contribution in [0.15, 0.2) is 54.7 Å². The molecule has 6 nitrogen and oxygen atoms in total. The fourth-order valence-electron chi connectivity index (χ4n) is 4.28. The van der Waals surface area contributed by atoms with E-state index in [9.17, 15) is 9.90 Å². The third kappa shape index (κ3) is 4.53. The molecule has 2 aromatic carbocycles. The van der Waals surface area contributed by atoms with Gasteiger partial charge in [0.2, 0.25) is 5.91 Å². The Hall–Kier alpha value is -3.12. The number of hydrogen-bond donors (Lipinski definition) is 3. The van der Waals surface area contributed by atoms with Crippen LogP contribution in [0.25, 0.3) is 11.3 Å². The molecule has 1 aliphatic rings. The van der Waals surface area contributed by atoms with Gasteiger partial charge in [0.05, 0.1) is 30.4 Å². The standard InChI is InChI=1S/C27H33N3O3/c1-17-10-12-18(13-11-17)20-16-28-24(29-20)22(26(2,3)4)30-25(32)27(14-15-27)23(31)19-8-6-7-9-21(19)33-5/h6-13,16,22-23,31H,14-15H2,1-5H3,(H,28,29)(H,30,32)/t22-,23?/m1/s1. The second-order valence-electron chi connectivity index (χ2n) is 10.1. The largest absolute Gasteiger partial charge is 0.496 e. The van der Waals surface area contributed by atoms with Gasteiger partial charge in [-0.15, -0.1) is 0 Å². The van der Waals surface area contributed by atoms with Crippen LogP contribution in [-0.2, 0) is 4.79 Å². The molecule has 3 N–H and O–H groups in total. The second-order valence-corrected chi connectivity index (χ2v) is 10.1. The van der Waals surface area contributed by atoms with Crippen LogP contribution in [0.4, 0.5) is 0 Å². The number of nitrogens with one attached hydrogen (secondary N) is 2. The molecule has 1 aliphatic carbocycles. The molecule has 1 saturated carbocycles. The smallest absolute Gasteiger partial charge is 0.229 e. The van der Waals surface area contributed by atoms with Crippen molar-refractivity contribution >= 4 is 5.91 Å². The fraction of sp³-hybridized carbons (Fsp3) is 0.407. The normalized spacial score (nSPS) is 16.7. The summed E-state index contributed by atoms with van der Waals surface area (Å²) in [5, 5.41) is 14.4. The SMILES string of the molecule is COc1ccccc1C(O)C1(C(=O)N[C@H](c2nc(-c3ccc(C)cc3)c[nH]2)C(C)(C)C)CC1. The highest BCUT2D eigenvalue weighted by molar-refractivity contribution is 5.86. The van der Waals surface area contributed by atoms with E-state index in [-0.39, 0.29) is 17.4 Å². The second kappa shape index (κ2) is 8.67. The number of amides is 1. The molecular weight excluding hydrogens is 414 g/mol. The van der Waals surface area contributed by atoms with Crippen molar-refractivity contribution in [2.75, 3.05) is 7.11 Å². The van der Waals surface area contributed by atoms with Crippen molar-refractivity contribution in [3.05, 3.63) is 71.7 Å². The molecule has 2 atom stereocenters. The molecule has 0 bridgehead atoms. The van der Waals surface area contributed by atoms with Crippen molar-refractivity contribution < 1.29 is 14.6 Å². The van der Waals surface area contributed by atoms with Gasteiger partial charge in [-0.2, -0.15) is 0 Å². The first-order valence-electron chi connectivity index (χ1n) is 11.4. The zero-order valence-electron chi connectivity index (χ0n) is 20.0. The summed E-state index contributed by atoms with van der Waals surface area (Å²) >= 11 is 0. The average molecular weight is 448 g/mol. The predicted molar refractivity (Wildman–Crippen MR) is 129 cm³/mol. The van der Waals surface area contributed by atoms with Crippen LogP contribution in [0.1, 0.15) is 62.7 Å². The Bertz CT molecular complexity index is 1120. The van der Waals surface area contributed by atoms with E-state index in [1.165, 1.54) is 5.56 Å². The monoisotopic (exact) mass is 447 g/mol. The number of H-pyrrole nitrogens is 1. The number of carbonyl (C=O) groups excluding carboxylic acids is 1. The summed E-state index contributed by atoms with van der Waals surface area (Å²) in [7, 11) is 1.57. The minimum absolute atomic E-state index is 0.158. The highest BCUT2D eigenvalue weighted by Crippen LogP contribution is 2.56. The number of aryl methyl sites for hydroxylation is 1. The molecule has 1 unspecified atom stereocenters. The molecule has 1 aromatic heterocycles. The number of ether oxygens (including phenoxy) is 1. The Morgan fingerprint density at radius 1 is 1.15 bits per heavy atom. The highest BCUT2D eigenvalue weighted by atomic mass is 16.5.